The van der Waals surface area contributed by atoms with Crippen LogP contribution in [0.1, 0.15) is 10.4 Å². The lowest BCUT2D eigenvalue weighted by Crippen LogP contribution is -2.36. The van der Waals surface area contributed by atoms with E-state index in [9.17, 15) is 9.59 Å². The summed E-state index contributed by atoms with van der Waals surface area (Å²) in [6, 6.07) is 8.55. The molecule has 0 atom stereocenters. The summed E-state index contributed by atoms with van der Waals surface area (Å²) in [6.45, 7) is 0. The van der Waals surface area contributed by atoms with Crippen LogP contribution in [0.15, 0.2) is 30.3 Å². The minimum atomic E-state index is -0.362. The van der Waals surface area contributed by atoms with Crippen molar-refractivity contribution in [3.63, 3.8) is 0 Å². The van der Waals surface area contributed by atoms with Crippen LogP contribution >= 0.6 is 0 Å². The van der Waals surface area contributed by atoms with Gasteiger partial charge in [0, 0.05) is 5.56 Å². The molecule has 0 aromatic heterocycles. The number of nitrogens with one attached hydrogen (secondary N) is 2. The van der Waals surface area contributed by atoms with Gasteiger partial charge in [0.2, 0.25) is 0 Å². The quantitative estimate of drug-likeness (QED) is 0.486. The van der Waals surface area contributed by atoms with Gasteiger partial charge in [0.25, 0.3) is 5.91 Å². The van der Waals surface area contributed by atoms with Crippen LogP contribution in [0.4, 0.5) is 0 Å². The molecule has 0 unspecified atom stereocenters. The van der Waals surface area contributed by atoms with Gasteiger partial charge in [0.15, 0.2) is 0 Å². The predicted octanol–water partition coefficient (Wildman–Crippen LogP) is -0.0118. The van der Waals surface area contributed by atoms with Crippen LogP contribution < -0.4 is 10.9 Å². The molecule has 12 heavy (non-hydrogen) atoms. The molecular weight excluding hydrogens is 156 g/mol. The van der Waals surface area contributed by atoms with Gasteiger partial charge >= 0.3 is 6.41 Å². The van der Waals surface area contributed by atoms with Gasteiger partial charge in [-0.3, -0.25) is 20.4 Å². The number of hydrogen-bond donors (Lipinski definition) is 2. The maximum absolute atomic E-state index is 11.1. The van der Waals surface area contributed by atoms with E-state index in [0.29, 0.717) is 5.56 Å². The zero-order valence-corrected chi connectivity index (χ0v) is 6.20. The van der Waals surface area contributed by atoms with E-state index in [2.05, 4.69) is 5.43 Å². The van der Waals surface area contributed by atoms with Gasteiger partial charge in [-0.05, 0) is 12.1 Å². The highest BCUT2D eigenvalue weighted by Crippen LogP contribution is 1.96. The van der Waals surface area contributed by atoms with Crippen molar-refractivity contribution in [2.75, 3.05) is 0 Å². The Kier molecular flexibility index (Phi) is 2.84. The van der Waals surface area contributed by atoms with Gasteiger partial charge < -0.3 is 0 Å². The standard InChI is InChI=1S/C8H7N2O2/c11-6-9-10-8(12)7-4-2-1-3-5-7/h1-5H,(H,9,11)(H,10,12). The van der Waals surface area contributed by atoms with Crippen LogP contribution in [0.3, 0.4) is 0 Å². The molecule has 2 N–H and O–H groups in total. The molecule has 1 aromatic rings. The van der Waals surface area contributed by atoms with Gasteiger partial charge in [-0.2, -0.15) is 0 Å². The molecule has 0 saturated heterocycles. The summed E-state index contributed by atoms with van der Waals surface area (Å²) in [7, 11) is 0. The van der Waals surface area contributed by atoms with Gasteiger partial charge in [0.1, 0.15) is 0 Å². The lowest BCUT2D eigenvalue weighted by Gasteiger charge is -2.00. The van der Waals surface area contributed by atoms with Gasteiger partial charge in [0.05, 0.1) is 0 Å². The van der Waals surface area contributed by atoms with E-state index in [1.165, 1.54) is 6.41 Å². The summed E-state index contributed by atoms with van der Waals surface area (Å²) < 4.78 is 0. The monoisotopic (exact) mass is 163 g/mol. The molecule has 0 aliphatic heterocycles. The maximum atomic E-state index is 11.1. The first-order chi connectivity index (χ1) is 5.84. The Morgan fingerprint density at radius 2 is 1.92 bits per heavy atom. The first-order valence-corrected chi connectivity index (χ1v) is 3.32. The zero-order chi connectivity index (χ0) is 8.81. The van der Waals surface area contributed by atoms with Crippen molar-refractivity contribution >= 4 is 12.3 Å². The third kappa shape index (κ3) is 2.09. The Balaban J connectivity index is 2.59. The number of hydrazine groups is 1. The molecule has 0 saturated carbocycles. The van der Waals surface area contributed by atoms with E-state index in [-0.39, 0.29) is 5.91 Å². The predicted molar refractivity (Wildman–Crippen MR) is 42.7 cm³/mol. The SMILES string of the molecule is O=[C]NNC(=O)c1ccccc1. The second-order valence-electron chi connectivity index (χ2n) is 2.05. The highest BCUT2D eigenvalue weighted by atomic mass is 16.2. The molecule has 2 amide bonds. The normalized spacial score (nSPS) is 8.67. The molecular formula is C8H7N2O2. The third-order valence-electron chi connectivity index (χ3n) is 1.26. The number of hydrogen-bond acceptors (Lipinski definition) is 2. The Hall–Kier alpha value is -1.84. The molecule has 61 valence electrons. The topological polar surface area (TPSA) is 58.2 Å². The zero-order valence-electron chi connectivity index (χ0n) is 6.20. The van der Waals surface area contributed by atoms with Crippen LogP contribution in [-0.2, 0) is 4.79 Å². The number of carbonyl (C=O) groups is 1. The second-order valence-corrected chi connectivity index (χ2v) is 2.05. The number of benzene rings is 1. The third-order valence-corrected chi connectivity index (χ3v) is 1.26. The fourth-order valence-corrected chi connectivity index (χ4v) is 0.744. The molecule has 0 heterocycles. The highest BCUT2D eigenvalue weighted by molar-refractivity contribution is 5.94. The van der Waals surface area contributed by atoms with Crippen molar-refractivity contribution in [1.82, 2.24) is 10.9 Å². The van der Waals surface area contributed by atoms with Crippen molar-refractivity contribution in [1.29, 1.82) is 0 Å². The Bertz CT molecular complexity index is 272. The smallest absolute Gasteiger partial charge is 0.267 e. The molecule has 4 nitrogen and oxygen atoms in total. The first kappa shape index (κ1) is 8.26. The molecule has 1 radical (unpaired) electrons. The highest BCUT2D eigenvalue weighted by Gasteiger charge is 2.01. The number of rotatable bonds is 3. The van der Waals surface area contributed by atoms with Crippen molar-refractivity contribution in [2.24, 2.45) is 0 Å². The van der Waals surface area contributed by atoms with E-state index in [0.717, 1.165) is 0 Å². The van der Waals surface area contributed by atoms with Crippen molar-refractivity contribution in [2.45, 2.75) is 0 Å². The lowest BCUT2D eigenvalue weighted by atomic mass is 10.2. The number of carbonyl (C=O) groups excluding carboxylic acids is 2. The van der Waals surface area contributed by atoms with Gasteiger partial charge in [-0.15, -0.1) is 0 Å². The first-order valence-electron chi connectivity index (χ1n) is 3.32. The van der Waals surface area contributed by atoms with Crippen molar-refractivity contribution < 1.29 is 9.59 Å². The summed E-state index contributed by atoms with van der Waals surface area (Å²) in [5.41, 5.74) is 4.56. The van der Waals surface area contributed by atoms with E-state index in [1.54, 1.807) is 30.3 Å². The van der Waals surface area contributed by atoms with E-state index < -0.39 is 0 Å². The summed E-state index contributed by atoms with van der Waals surface area (Å²) in [5.74, 6) is -0.362. The fourth-order valence-electron chi connectivity index (χ4n) is 0.744. The molecule has 0 spiro atoms. The van der Waals surface area contributed by atoms with Crippen molar-refractivity contribution in [3.8, 4) is 0 Å². The van der Waals surface area contributed by atoms with Crippen molar-refractivity contribution in [3.05, 3.63) is 35.9 Å². The van der Waals surface area contributed by atoms with Crippen LogP contribution in [0.2, 0.25) is 0 Å². The second kappa shape index (κ2) is 4.12. The average Bonchev–Trinajstić information content (AvgIpc) is 2.15. The fraction of sp³-hybridized carbons (Fsp3) is 0. The van der Waals surface area contributed by atoms with E-state index >= 15 is 0 Å². The Morgan fingerprint density at radius 3 is 2.50 bits per heavy atom. The van der Waals surface area contributed by atoms with Crippen LogP contribution in [-0.4, -0.2) is 12.3 Å². The summed E-state index contributed by atoms with van der Waals surface area (Å²) in [5, 5.41) is 0. The molecule has 1 aromatic carbocycles. The van der Waals surface area contributed by atoms with Crippen LogP contribution in [0.25, 0.3) is 0 Å². The molecule has 0 bridgehead atoms. The minimum absolute atomic E-state index is 0.362. The lowest BCUT2D eigenvalue weighted by molar-refractivity contribution is 0.0943. The molecule has 0 aliphatic carbocycles. The minimum Gasteiger partial charge on any atom is -0.267 e. The van der Waals surface area contributed by atoms with Crippen LogP contribution in [0, 0.1) is 0 Å². The summed E-state index contributed by atoms with van der Waals surface area (Å²) >= 11 is 0. The number of amides is 2. The van der Waals surface area contributed by atoms with Crippen LogP contribution in [0.5, 0.6) is 0 Å². The molecule has 0 fully saturated rings. The molecule has 4 heteroatoms. The summed E-state index contributed by atoms with van der Waals surface area (Å²) in [6.07, 6.45) is 1.34. The van der Waals surface area contributed by atoms with E-state index in [4.69, 9.17) is 0 Å². The van der Waals surface area contributed by atoms with Gasteiger partial charge in [-0.25, -0.2) is 0 Å². The van der Waals surface area contributed by atoms with E-state index in [1.807, 2.05) is 5.43 Å². The largest absolute Gasteiger partial charge is 0.329 e. The Morgan fingerprint density at radius 1 is 1.25 bits per heavy atom. The maximum Gasteiger partial charge on any atom is 0.329 e. The molecule has 1 rings (SSSR count). The average molecular weight is 163 g/mol. The van der Waals surface area contributed by atoms with Gasteiger partial charge in [-0.1, -0.05) is 18.2 Å². The molecule has 0 aliphatic rings. The Labute approximate surface area is 69.6 Å². The summed E-state index contributed by atoms with van der Waals surface area (Å²) in [4.78, 5) is 20.7.